The van der Waals surface area contributed by atoms with Gasteiger partial charge < -0.3 is 21.3 Å². The van der Waals surface area contributed by atoms with E-state index in [0.717, 1.165) is 32.7 Å². The van der Waals surface area contributed by atoms with E-state index in [1.54, 1.807) is 4.90 Å². The lowest BCUT2D eigenvalue weighted by atomic mass is 10.3. The minimum atomic E-state index is 0.120. The van der Waals surface area contributed by atoms with E-state index < -0.39 is 0 Å². The molecule has 0 aliphatic carbocycles. The molecule has 0 aromatic carbocycles. The predicted octanol–water partition coefficient (Wildman–Crippen LogP) is -1.52. The van der Waals surface area contributed by atoms with E-state index in [1.165, 1.54) is 17.8 Å². The Morgan fingerprint density at radius 3 is 2.50 bits per heavy atom. The van der Waals surface area contributed by atoms with E-state index in [-0.39, 0.29) is 5.91 Å². The number of carbonyl (C=O) groups is 1. The van der Waals surface area contributed by atoms with E-state index in [1.807, 2.05) is 4.90 Å². The molecular weight excluding hydrogens is 276 g/mol. The Bertz CT molecular complexity index is 455. The molecule has 5 N–H and O–H groups in total. The molecule has 0 atom stereocenters. The van der Waals surface area contributed by atoms with E-state index in [2.05, 4.69) is 16.9 Å². The summed E-state index contributed by atoms with van der Waals surface area (Å²) in [7, 11) is 0. The summed E-state index contributed by atoms with van der Waals surface area (Å²) in [5, 5.41) is 0.452. The van der Waals surface area contributed by atoms with E-state index >= 15 is 0 Å². The number of amides is 1. The molecular formula is C12H21N6OS+. The number of carbonyl (C=O) groups excluding carboxylic acids is 1. The van der Waals surface area contributed by atoms with Crippen LogP contribution in [0.5, 0.6) is 0 Å². The average molecular weight is 297 g/mol. The molecule has 20 heavy (non-hydrogen) atoms. The Hall–Kier alpha value is -1.54. The van der Waals surface area contributed by atoms with Crippen LogP contribution in [0.15, 0.2) is 11.2 Å². The standard InChI is InChI=1S/C12H20N6OS/c1-2-17-3-5-18(6-4-17)11(19)8-20-12-15-9(13)7-10(14)16-12/h7H,2-6,8H2,1H3,(H4,13,14,15,16)/p+1. The number of piperazine rings is 1. The number of hydrogen-bond acceptors (Lipinski definition) is 6. The zero-order chi connectivity index (χ0) is 14.5. The van der Waals surface area contributed by atoms with Crippen LogP contribution in [0.1, 0.15) is 6.92 Å². The van der Waals surface area contributed by atoms with Crippen LogP contribution in [0.2, 0.25) is 0 Å². The van der Waals surface area contributed by atoms with E-state index in [0.29, 0.717) is 22.5 Å². The number of nitrogen functional groups attached to an aromatic ring is 2. The second-order valence-electron chi connectivity index (χ2n) is 4.77. The summed E-state index contributed by atoms with van der Waals surface area (Å²) in [6.07, 6.45) is 0. The van der Waals surface area contributed by atoms with Crippen molar-refractivity contribution in [3.05, 3.63) is 6.07 Å². The van der Waals surface area contributed by atoms with Gasteiger partial charge in [0.05, 0.1) is 38.5 Å². The number of anilines is 2. The molecule has 1 aliphatic heterocycles. The molecule has 1 aromatic rings. The maximum absolute atomic E-state index is 12.1. The summed E-state index contributed by atoms with van der Waals surface area (Å²) in [4.78, 5) is 23.7. The van der Waals surface area contributed by atoms with Crippen molar-refractivity contribution < 1.29 is 9.69 Å². The zero-order valence-corrected chi connectivity index (χ0v) is 12.4. The van der Waals surface area contributed by atoms with Gasteiger partial charge >= 0.3 is 0 Å². The number of quaternary nitrogens is 1. The fourth-order valence-electron chi connectivity index (χ4n) is 2.17. The van der Waals surface area contributed by atoms with Crippen molar-refractivity contribution in [1.82, 2.24) is 14.9 Å². The van der Waals surface area contributed by atoms with Gasteiger partial charge in [0.15, 0.2) is 5.16 Å². The average Bonchev–Trinajstić information content (AvgIpc) is 2.44. The van der Waals surface area contributed by atoms with Crippen LogP contribution < -0.4 is 16.4 Å². The second kappa shape index (κ2) is 6.76. The molecule has 1 saturated heterocycles. The summed E-state index contributed by atoms with van der Waals surface area (Å²) in [6.45, 7) is 6.98. The van der Waals surface area contributed by atoms with Gasteiger partial charge in [0.1, 0.15) is 11.6 Å². The van der Waals surface area contributed by atoms with Gasteiger partial charge in [-0.25, -0.2) is 9.97 Å². The van der Waals surface area contributed by atoms with Crippen LogP contribution in [-0.4, -0.2) is 59.3 Å². The SMILES string of the molecule is CC[NH+]1CCN(C(=O)CSc2nc(N)cc(N)n2)CC1. The number of hydrogen-bond donors (Lipinski definition) is 3. The van der Waals surface area contributed by atoms with Crippen LogP contribution in [0.25, 0.3) is 0 Å². The summed E-state index contributed by atoms with van der Waals surface area (Å²) in [6, 6.07) is 1.50. The Kier molecular flexibility index (Phi) is 5.02. The van der Waals surface area contributed by atoms with Gasteiger partial charge in [-0.3, -0.25) is 4.79 Å². The molecule has 8 heteroatoms. The molecule has 7 nitrogen and oxygen atoms in total. The minimum absolute atomic E-state index is 0.120. The van der Waals surface area contributed by atoms with Crippen molar-refractivity contribution in [2.24, 2.45) is 0 Å². The number of nitrogens with two attached hydrogens (primary N) is 2. The summed E-state index contributed by atoms with van der Waals surface area (Å²) < 4.78 is 0. The van der Waals surface area contributed by atoms with Gasteiger partial charge in [-0.1, -0.05) is 11.8 Å². The van der Waals surface area contributed by atoms with E-state index in [9.17, 15) is 4.79 Å². The summed E-state index contributed by atoms with van der Waals surface area (Å²) in [5.74, 6) is 1.10. The lowest BCUT2D eigenvalue weighted by Crippen LogP contribution is -3.14. The van der Waals surface area contributed by atoms with E-state index in [4.69, 9.17) is 11.5 Å². The third-order valence-electron chi connectivity index (χ3n) is 3.39. The Morgan fingerprint density at radius 1 is 1.35 bits per heavy atom. The number of thioether (sulfide) groups is 1. The fourth-order valence-corrected chi connectivity index (χ4v) is 2.95. The van der Waals surface area contributed by atoms with Crippen LogP contribution in [0, 0.1) is 0 Å². The zero-order valence-electron chi connectivity index (χ0n) is 11.6. The predicted molar refractivity (Wildman–Crippen MR) is 79.4 cm³/mol. The normalized spacial score (nSPS) is 16.4. The smallest absolute Gasteiger partial charge is 0.233 e. The largest absolute Gasteiger partial charge is 0.383 e. The third-order valence-corrected chi connectivity index (χ3v) is 4.23. The molecule has 110 valence electrons. The van der Waals surface area contributed by atoms with Gasteiger partial charge in [0.2, 0.25) is 5.91 Å². The highest BCUT2D eigenvalue weighted by Crippen LogP contribution is 2.16. The van der Waals surface area contributed by atoms with Crippen LogP contribution in [0.3, 0.4) is 0 Å². The molecule has 2 rings (SSSR count). The van der Waals surface area contributed by atoms with Gasteiger partial charge in [0, 0.05) is 6.07 Å². The molecule has 1 fully saturated rings. The Balaban J connectivity index is 1.83. The first-order valence-corrected chi connectivity index (χ1v) is 7.71. The third kappa shape index (κ3) is 3.97. The van der Waals surface area contributed by atoms with Crippen LogP contribution in [0.4, 0.5) is 11.6 Å². The highest BCUT2D eigenvalue weighted by Gasteiger charge is 2.22. The molecule has 0 radical (unpaired) electrons. The highest BCUT2D eigenvalue weighted by molar-refractivity contribution is 7.99. The minimum Gasteiger partial charge on any atom is -0.383 e. The maximum Gasteiger partial charge on any atom is 0.233 e. The van der Waals surface area contributed by atoms with Gasteiger partial charge in [0.25, 0.3) is 0 Å². The van der Waals surface area contributed by atoms with Crippen molar-refractivity contribution in [2.75, 3.05) is 49.9 Å². The molecule has 1 amide bonds. The quantitative estimate of drug-likeness (QED) is 0.461. The van der Waals surface area contributed by atoms with Crippen molar-refractivity contribution >= 4 is 29.3 Å². The Morgan fingerprint density at radius 2 is 1.95 bits per heavy atom. The van der Waals surface area contributed by atoms with Gasteiger partial charge in [-0.15, -0.1) is 0 Å². The number of aromatic nitrogens is 2. The molecule has 1 aromatic heterocycles. The highest BCUT2D eigenvalue weighted by atomic mass is 32.2. The van der Waals surface area contributed by atoms with Gasteiger partial charge in [-0.05, 0) is 6.92 Å². The first kappa shape index (κ1) is 14.9. The lowest BCUT2D eigenvalue weighted by Gasteiger charge is -2.31. The second-order valence-corrected chi connectivity index (χ2v) is 5.72. The number of nitrogens with one attached hydrogen (secondary N) is 1. The van der Waals surface area contributed by atoms with Crippen molar-refractivity contribution in [3.8, 4) is 0 Å². The fraction of sp³-hybridized carbons (Fsp3) is 0.583. The summed E-state index contributed by atoms with van der Waals surface area (Å²) >= 11 is 1.28. The molecule has 0 saturated carbocycles. The Labute approximate surface area is 122 Å². The van der Waals surface area contributed by atoms with Crippen LogP contribution in [-0.2, 0) is 4.79 Å². The molecule has 0 bridgehead atoms. The lowest BCUT2D eigenvalue weighted by molar-refractivity contribution is -0.902. The van der Waals surface area contributed by atoms with Crippen molar-refractivity contribution in [3.63, 3.8) is 0 Å². The first-order chi connectivity index (χ1) is 9.58. The van der Waals surface area contributed by atoms with Crippen molar-refractivity contribution in [1.29, 1.82) is 0 Å². The number of rotatable bonds is 4. The van der Waals surface area contributed by atoms with Crippen LogP contribution >= 0.6 is 11.8 Å². The number of likely N-dealkylation sites (N-methyl/N-ethyl adjacent to an activating group) is 1. The maximum atomic E-state index is 12.1. The molecule has 0 unspecified atom stereocenters. The first-order valence-electron chi connectivity index (χ1n) is 6.72. The molecule has 1 aliphatic rings. The monoisotopic (exact) mass is 297 g/mol. The van der Waals surface area contributed by atoms with Crippen molar-refractivity contribution in [2.45, 2.75) is 12.1 Å². The molecule has 2 heterocycles. The summed E-state index contributed by atoms with van der Waals surface area (Å²) in [5.41, 5.74) is 11.2. The molecule has 0 spiro atoms. The number of nitrogens with zero attached hydrogens (tertiary/aromatic N) is 3. The van der Waals surface area contributed by atoms with Gasteiger partial charge in [-0.2, -0.15) is 0 Å². The topological polar surface area (TPSA) is 103 Å².